The van der Waals surface area contributed by atoms with Crippen molar-refractivity contribution in [3.8, 4) is 0 Å². The molecule has 0 unspecified atom stereocenters. The van der Waals surface area contributed by atoms with E-state index in [1.54, 1.807) is 0 Å². The van der Waals surface area contributed by atoms with Gasteiger partial charge in [0.25, 0.3) is 0 Å². The summed E-state index contributed by atoms with van der Waals surface area (Å²) in [7, 11) is 3.92. The highest BCUT2D eigenvalue weighted by molar-refractivity contribution is 5.76. The van der Waals surface area contributed by atoms with E-state index in [1.807, 2.05) is 32.0 Å². The van der Waals surface area contributed by atoms with Gasteiger partial charge in [0, 0.05) is 32.1 Å². The average molecular weight is 277 g/mol. The van der Waals surface area contributed by atoms with E-state index in [4.69, 9.17) is 5.73 Å². The van der Waals surface area contributed by atoms with Crippen LogP contribution in [0.15, 0.2) is 6.07 Å². The van der Waals surface area contributed by atoms with Gasteiger partial charge in [-0.25, -0.2) is 9.97 Å². The van der Waals surface area contributed by atoms with Crippen LogP contribution in [0.4, 0.5) is 11.6 Å². The minimum Gasteiger partial charge on any atom is -0.369 e. The van der Waals surface area contributed by atoms with Gasteiger partial charge in [0.1, 0.15) is 17.5 Å². The lowest BCUT2D eigenvalue weighted by Crippen LogP contribution is -2.32. The van der Waals surface area contributed by atoms with Crippen LogP contribution in [0.2, 0.25) is 0 Å². The zero-order valence-electron chi connectivity index (χ0n) is 12.4. The van der Waals surface area contributed by atoms with Gasteiger partial charge in [0.2, 0.25) is 5.91 Å². The summed E-state index contributed by atoms with van der Waals surface area (Å²) in [5.74, 6) is 2.37. The van der Waals surface area contributed by atoms with Crippen LogP contribution in [0.5, 0.6) is 0 Å². The van der Waals surface area contributed by atoms with Crippen LogP contribution < -0.4 is 16.0 Å². The van der Waals surface area contributed by atoms with E-state index in [0.29, 0.717) is 6.04 Å². The molecule has 1 aliphatic rings. The van der Waals surface area contributed by atoms with Gasteiger partial charge in [-0.3, -0.25) is 4.79 Å². The summed E-state index contributed by atoms with van der Waals surface area (Å²) in [6, 6.07) is 2.31. The number of rotatable bonds is 4. The topological polar surface area (TPSA) is 84.1 Å². The molecular weight excluding hydrogens is 254 g/mol. The van der Waals surface area contributed by atoms with Crippen LogP contribution in [-0.4, -0.2) is 36.0 Å². The highest BCUT2D eigenvalue weighted by Crippen LogP contribution is 2.26. The van der Waals surface area contributed by atoms with Crippen molar-refractivity contribution in [3.63, 3.8) is 0 Å². The third kappa shape index (κ3) is 3.59. The van der Waals surface area contributed by atoms with Crippen LogP contribution >= 0.6 is 0 Å². The van der Waals surface area contributed by atoms with E-state index < -0.39 is 0 Å². The lowest BCUT2D eigenvalue weighted by molar-refractivity contribution is -0.122. The number of hydrogen-bond acceptors (Lipinski definition) is 5. The monoisotopic (exact) mass is 277 g/mol. The molecule has 1 amide bonds. The normalized spacial score (nSPS) is 22.4. The van der Waals surface area contributed by atoms with Crippen molar-refractivity contribution >= 4 is 17.5 Å². The first-order chi connectivity index (χ1) is 9.45. The molecule has 3 N–H and O–H groups in total. The van der Waals surface area contributed by atoms with Gasteiger partial charge < -0.3 is 16.0 Å². The number of aromatic nitrogens is 2. The molecule has 20 heavy (non-hydrogen) atoms. The predicted molar refractivity (Wildman–Crippen MR) is 79.7 cm³/mol. The van der Waals surface area contributed by atoms with E-state index in [0.717, 1.165) is 43.1 Å². The summed E-state index contributed by atoms with van der Waals surface area (Å²) in [6.07, 6.45) is 3.62. The molecule has 0 spiro atoms. The first-order valence-corrected chi connectivity index (χ1v) is 7.04. The van der Waals surface area contributed by atoms with Gasteiger partial charge >= 0.3 is 0 Å². The van der Waals surface area contributed by atoms with Crippen LogP contribution in [-0.2, 0) is 4.79 Å². The number of primary amides is 1. The summed E-state index contributed by atoms with van der Waals surface area (Å²) in [5, 5.41) is 3.45. The molecule has 0 atom stereocenters. The van der Waals surface area contributed by atoms with Gasteiger partial charge in [-0.05, 0) is 32.6 Å². The Hall–Kier alpha value is -1.85. The van der Waals surface area contributed by atoms with Crippen molar-refractivity contribution in [1.29, 1.82) is 0 Å². The molecule has 0 radical (unpaired) electrons. The average Bonchev–Trinajstić information content (AvgIpc) is 2.38. The minimum atomic E-state index is -0.170. The van der Waals surface area contributed by atoms with Gasteiger partial charge in [0.05, 0.1) is 0 Å². The van der Waals surface area contributed by atoms with E-state index in [2.05, 4.69) is 15.3 Å². The smallest absolute Gasteiger partial charge is 0.220 e. The van der Waals surface area contributed by atoms with E-state index in [-0.39, 0.29) is 11.8 Å². The van der Waals surface area contributed by atoms with Crippen molar-refractivity contribution in [2.75, 3.05) is 24.3 Å². The summed E-state index contributed by atoms with van der Waals surface area (Å²) >= 11 is 0. The molecule has 0 saturated heterocycles. The molecule has 6 heteroatoms. The molecule has 0 aromatic carbocycles. The fourth-order valence-electron chi connectivity index (χ4n) is 2.59. The largest absolute Gasteiger partial charge is 0.369 e. The lowest BCUT2D eigenvalue weighted by Gasteiger charge is -2.28. The Bertz CT molecular complexity index is 480. The molecule has 1 fully saturated rings. The summed E-state index contributed by atoms with van der Waals surface area (Å²) in [6.45, 7) is 1.89. The predicted octanol–water partition coefficient (Wildman–Crippen LogP) is 1.31. The second-order valence-corrected chi connectivity index (χ2v) is 5.65. The Labute approximate surface area is 119 Å². The molecular formula is C14H23N5O. The van der Waals surface area contributed by atoms with Gasteiger partial charge in [-0.1, -0.05) is 0 Å². The summed E-state index contributed by atoms with van der Waals surface area (Å²) in [4.78, 5) is 21.9. The second-order valence-electron chi connectivity index (χ2n) is 5.65. The van der Waals surface area contributed by atoms with E-state index in [9.17, 15) is 4.79 Å². The van der Waals surface area contributed by atoms with Crippen molar-refractivity contribution < 1.29 is 4.79 Å². The Morgan fingerprint density at radius 3 is 2.50 bits per heavy atom. The third-order valence-electron chi connectivity index (χ3n) is 3.76. The molecule has 0 aliphatic heterocycles. The molecule has 1 aromatic rings. The molecule has 1 heterocycles. The van der Waals surface area contributed by atoms with Gasteiger partial charge in [-0.15, -0.1) is 0 Å². The minimum absolute atomic E-state index is 0.0394. The number of aryl methyl sites for hydroxylation is 1. The van der Waals surface area contributed by atoms with Crippen LogP contribution in [0, 0.1) is 12.8 Å². The van der Waals surface area contributed by atoms with Crippen molar-refractivity contribution in [2.45, 2.75) is 38.6 Å². The Morgan fingerprint density at radius 2 is 1.95 bits per heavy atom. The molecule has 1 aliphatic carbocycles. The molecule has 0 bridgehead atoms. The van der Waals surface area contributed by atoms with Gasteiger partial charge in [0.15, 0.2) is 0 Å². The standard InChI is InChI=1S/C14H23N5O/c1-9-16-12(8-13(17-9)19(2)3)18-11-6-4-10(5-7-11)14(15)20/h8,10-11H,4-7H2,1-3H3,(H2,15,20)(H,16,17,18). The molecule has 6 nitrogen and oxygen atoms in total. The third-order valence-corrected chi connectivity index (χ3v) is 3.76. The number of anilines is 2. The number of carbonyl (C=O) groups excluding carboxylic acids is 1. The maximum atomic E-state index is 11.2. The number of nitrogens with zero attached hydrogens (tertiary/aromatic N) is 3. The summed E-state index contributed by atoms with van der Waals surface area (Å²) in [5.41, 5.74) is 5.35. The van der Waals surface area contributed by atoms with Crippen LogP contribution in [0.1, 0.15) is 31.5 Å². The highest BCUT2D eigenvalue weighted by Gasteiger charge is 2.24. The zero-order chi connectivity index (χ0) is 14.7. The lowest BCUT2D eigenvalue weighted by atomic mass is 9.85. The summed E-state index contributed by atoms with van der Waals surface area (Å²) < 4.78 is 0. The van der Waals surface area contributed by atoms with Crippen molar-refractivity contribution in [3.05, 3.63) is 11.9 Å². The van der Waals surface area contributed by atoms with Crippen molar-refractivity contribution in [1.82, 2.24) is 9.97 Å². The molecule has 1 aromatic heterocycles. The molecule has 110 valence electrons. The fourth-order valence-corrected chi connectivity index (χ4v) is 2.59. The van der Waals surface area contributed by atoms with E-state index >= 15 is 0 Å². The van der Waals surface area contributed by atoms with E-state index in [1.165, 1.54) is 0 Å². The Kier molecular flexibility index (Phi) is 4.42. The number of amides is 1. The zero-order valence-corrected chi connectivity index (χ0v) is 12.4. The first kappa shape index (κ1) is 14.6. The highest BCUT2D eigenvalue weighted by atomic mass is 16.1. The number of nitrogens with one attached hydrogen (secondary N) is 1. The Balaban J connectivity index is 1.99. The first-order valence-electron chi connectivity index (χ1n) is 7.04. The number of carbonyl (C=O) groups is 1. The van der Waals surface area contributed by atoms with Crippen LogP contribution in [0.3, 0.4) is 0 Å². The van der Waals surface area contributed by atoms with Crippen LogP contribution in [0.25, 0.3) is 0 Å². The molecule has 2 rings (SSSR count). The second kappa shape index (κ2) is 6.07. The van der Waals surface area contributed by atoms with Crippen molar-refractivity contribution in [2.24, 2.45) is 11.7 Å². The van der Waals surface area contributed by atoms with Gasteiger partial charge in [-0.2, -0.15) is 0 Å². The number of hydrogen-bond donors (Lipinski definition) is 2. The maximum Gasteiger partial charge on any atom is 0.220 e. The quantitative estimate of drug-likeness (QED) is 0.866. The Morgan fingerprint density at radius 1 is 1.30 bits per heavy atom. The fraction of sp³-hybridized carbons (Fsp3) is 0.643. The number of nitrogens with two attached hydrogens (primary N) is 1. The SMILES string of the molecule is Cc1nc(NC2CCC(C(N)=O)CC2)cc(N(C)C)n1. The molecule has 1 saturated carbocycles. The maximum absolute atomic E-state index is 11.2.